The van der Waals surface area contributed by atoms with E-state index in [1.165, 1.54) is 0 Å². The zero-order valence-electron chi connectivity index (χ0n) is 11.4. The molecule has 0 rings (SSSR count). The van der Waals surface area contributed by atoms with Crippen molar-refractivity contribution in [1.29, 1.82) is 0 Å². The number of halogens is 4. The summed E-state index contributed by atoms with van der Waals surface area (Å²) in [5, 5.41) is 2.20. The van der Waals surface area contributed by atoms with Gasteiger partial charge in [0, 0.05) is 5.88 Å². The maximum absolute atomic E-state index is 6.59. The Balaban J connectivity index is 5.00. The normalized spacial score (nSPS) is 16.4. The Labute approximate surface area is 131 Å². The molecule has 0 nitrogen and oxygen atoms in total. The summed E-state index contributed by atoms with van der Waals surface area (Å²) in [4.78, 5) is -0.738. The third-order valence-corrected chi connectivity index (χ3v) is 11.8. The van der Waals surface area contributed by atoms with Crippen LogP contribution in [0.3, 0.4) is 0 Å². The van der Waals surface area contributed by atoms with Gasteiger partial charge in [-0.3, -0.25) is 0 Å². The summed E-state index contributed by atoms with van der Waals surface area (Å²) < 4.78 is -0.856. The van der Waals surface area contributed by atoms with Crippen LogP contribution in [0.5, 0.6) is 0 Å². The fraction of sp³-hybridized carbons (Fsp3) is 1.00. The fourth-order valence-corrected chi connectivity index (χ4v) is 8.20. The van der Waals surface area contributed by atoms with Gasteiger partial charge < -0.3 is 0 Å². The van der Waals surface area contributed by atoms with Crippen LogP contribution >= 0.6 is 46.4 Å². The number of hydrogen-bond acceptors (Lipinski definition) is 0. The molecule has 0 aromatic rings. The molecule has 0 aromatic carbocycles. The van der Waals surface area contributed by atoms with E-state index < -0.39 is 22.2 Å². The molecule has 0 saturated carbocycles. The standard InChI is InChI=1S/C4H5Cl4.2C4H9.Al/c1-4(8,2-5)3(6)7;2*1-4(2)3;/h2H2,1H3;2*4H,1H2,2-3H3;. The van der Waals surface area contributed by atoms with Crippen molar-refractivity contribution in [1.82, 2.24) is 0 Å². The minimum atomic E-state index is -1.39. The Morgan fingerprint density at radius 1 is 0.941 bits per heavy atom. The molecule has 0 N–H and O–H groups in total. The first kappa shape index (κ1) is 18.7. The molecule has 0 radical (unpaired) electrons. The van der Waals surface area contributed by atoms with E-state index in [1.807, 2.05) is 6.92 Å². The van der Waals surface area contributed by atoms with E-state index in [4.69, 9.17) is 46.4 Å². The predicted octanol–water partition coefficient (Wildman–Crippen LogP) is 5.74. The number of alkyl halides is 4. The molecule has 0 heterocycles. The maximum atomic E-state index is 6.59. The van der Waals surface area contributed by atoms with Crippen LogP contribution in [0.1, 0.15) is 34.6 Å². The highest BCUT2D eigenvalue weighted by Gasteiger charge is 2.52. The summed E-state index contributed by atoms with van der Waals surface area (Å²) in [5.74, 6) is 1.48. The molecule has 0 aliphatic rings. The molecule has 5 heteroatoms. The monoisotopic (exact) mass is 334 g/mol. The van der Waals surface area contributed by atoms with Gasteiger partial charge in [-0.1, -0.05) is 50.1 Å². The van der Waals surface area contributed by atoms with E-state index in [9.17, 15) is 0 Å². The van der Waals surface area contributed by atoms with Gasteiger partial charge in [0.05, 0.1) is 8.07 Å². The van der Waals surface area contributed by atoms with Crippen molar-refractivity contribution in [3.63, 3.8) is 0 Å². The van der Waals surface area contributed by atoms with Gasteiger partial charge in [-0.15, -0.1) is 46.4 Å². The summed E-state index contributed by atoms with van der Waals surface area (Å²) >= 11 is 24.1. The van der Waals surface area contributed by atoms with Crippen molar-refractivity contribution in [2.75, 3.05) is 5.88 Å². The third-order valence-electron chi connectivity index (χ3n) is 2.97. The second-order valence-electron chi connectivity index (χ2n) is 5.91. The Hall–Kier alpha value is 1.69. The number of rotatable bonds is 7. The molecule has 0 fully saturated rings. The van der Waals surface area contributed by atoms with E-state index in [1.54, 1.807) is 0 Å². The van der Waals surface area contributed by atoms with Crippen LogP contribution in [0.15, 0.2) is 0 Å². The molecule has 0 aliphatic heterocycles. The van der Waals surface area contributed by atoms with Crippen LogP contribution in [0.25, 0.3) is 0 Å². The average Bonchev–Trinajstić information content (AvgIpc) is 2.15. The molecular formula is C12H23AlCl4. The van der Waals surface area contributed by atoms with Crippen LogP contribution in [-0.2, 0) is 0 Å². The van der Waals surface area contributed by atoms with Crippen LogP contribution < -0.4 is 0 Å². The Morgan fingerprint density at radius 3 is 1.53 bits per heavy atom. The molecule has 0 amide bonds. The van der Waals surface area contributed by atoms with E-state index >= 15 is 0 Å². The van der Waals surface area contributed by atoms with Crippen molar-refractivity contribution in [3.05, 3.63) is 0 Å². The quantitative estimate of drug-likeness (QED) is 0.411. The van der Waals surface area contributed by atoms with Crippen molar-refractivity contribution >= 4 is 60.6 Å². The van der Waals surface area contributed by atoms with Gasteiger partial charge in [0.25, 0.3) is 0 Å². The molecule has 1 unspecified atom stereocenters. The van der Waals surface area contributed by atoms with Crippen LogP contribution in [0, 0.1) is 11.8 Å². The van der Waals surface area contributed by atoms with Crippen molar-refractivity contribution in [2.45, 2.75) is 53.3 Å². The second-order valence-corrected chi connectivity index (χ2v) is 12.3. The van der Waals surface area contributed by atoms with Crippen LogP contribution in [0.4, 0.5) is 0 Å². The lowest BCUT2D eigenvalue weighted by molar-refractivity contribution is 0.647. The van der Waals surface area contributed by atoms with Crippen LogP contribution in [0.2, 0.25) is 10.6 Å². The summed E-state index contributed by atoms with van der Waals surface area (Å²) in [6.45, 7) is 10.7. The zero-order chi connectivity index (χ0) is 13.9. The van der Waals surface area contributed by atoms with Gasteiger partial charge >= 0.3 is 14.1 Å². The summed E-state index contributed by atoms with van der Waals surface area (Å²) in [6, 6.07) is 0. The van der Waals surface area contributed by atoms with Gasteiger partial charge in [0.1, 0.15) is 0 Å². The molecule has 0 bridgehead atoms. The van der Waals surface area contributed by atoms with Gasteiger partial charge in [-0.05, 0) is 6.92 Å². The minimum absolute atomic E-state index is 0.279. The molecule has 102 valence electrons. The Kier molecular flexibility index (Phi) is 8.21. The first-order valence-electron chi connectivity index (χ1n) is 6.17. The topological polar surface area (TPSA) is 0 Å². The molecule has 0 saturated heterocycles. The Bertz CT molecular complexity index is 217. The van der Waals surface area contributed by atoms with Gasteiger partial charge in [-0.2, -0.15) is 0 Å². The Morgan fingerprint density at radius 2 is 1.29 bits per heavy atom. The van der Waals surface area contributed by atoms with E-state index in [0.29, 0.717) is 11.8 Å². The molecule has 0 spiro atoms. The first-order chi connectivity index (χ1) is 7.54. The average molecular weight is 336 g/mol. The lowest BCUT2D eigenvalue weighted by Gasteiger charge is -2.39. The lowest BCUT2D eigenvalue weighted by atomic mass is 10.2. The van der Waals surface area contributed by atoms with Crippen molar-refractivity contribution in [2.24, 2.45) is 11.8 Å². The van der Waals surface area contributed by atoms with Gasteiger partial charge in [0.2, 0.25) is 0 Å². The van der Waals surface area contributed by atoms with Crippen molar-refractivity contribution < 1.29 is 0 Å². The highest BCUT2D eigenvalue weighted by molar-refractivity contribution is 6.85. The molecule has 0 aromatic heterocycles. The summed E-state index contributed by atoms with van der Waals surface area (Å²) in [6.07, 6.45) is 0. The first-order valence-corrected chi connectivity index (χ1v) is 10.0. The maximum Gasteiger partial charge on any atom is 0.321 e. The molecule has 1 atom stereocenters. The summed E-state index contributed by atoms with van der Waals surface area (Å²) in [5.41, 5.74) is 0. The fourth-order valence-electron chi connectivity index (χ4n) is 2.05. The lowest BCUT2D eigenvalue weighted by Crippen LogP contribution is -2.52. The highest BCUT2D eigenvalue weighted by atomic mass is 35.5. The molecule has 17 heavy (non-hydrogen) atoms. The summed E-state index contributed by atoms with van der Waals surface area (Å²) in [7, 11) is 0. The smallest absolute Gasteiger partial charge is 0.125 e. The largest absolute Gasteiger partial charge is 0.321 e. The van der Waals surface area contributed by atoms with Gasteiger partial charge in [-0.25, -0.2) is 0 Å². The zero-order valence-corrected chi connectivity index (χ0v) is 15.5. The molecule has 0 aliphatic carbocycles. The SMILES string of the molecule is CC(C)[CH2][Al]([CH2]C(C)C)[C](Cl)(Cl)C(C)(Cl)CCl. The van der Waals surface area contributed by atoms with E-state index in [-0.39, 0.29) is 5.88 Å². The molecular weight excluding hydrogens is 313 g/mol. The van der Waals surface area contributed by atoms with E-state index in [2.05, 4.69) is 27.7 Å². The third kappa shape index (κ3) is 5.68. The predicted molar refractivity (Wildman–Crippen MR) is 84.5 cm³/mol. The number of hydrogen-bond donors (Lipinski definition) is 0. The van der Waals surface area contributed by atoms with Crippen molar-refractivity contribution in [3.8, 4) is 0 Å². The minimum Gasteiger partial charge on any atom is -0.125 e. The van der Waals surface area contributed by atoms with E-state index in [0.717, 1.165) is 10.6 Å². The van der Waals surface area contributed by atoms with Gasteiger partial charge in [0.15, 0.2) is 0 Å². The highest BCUT2D eigenvalue weighted by Crippen LogP contribution is 2.45. The second kappa shape index (κ2) is 7.47. The van der Waals surface area contributed by atoms with Crippen LogP contribution in [-0.4, -0.2) is 28.1 Å².